The molecule has 39 heavy (non-hydrogen) atoms. The van der Waals surface area contributed by atoms with Gasteiger partial charge >= 0.3 is 11.7 Å². The lowest BCUT2D eigenvalue weighted by Crippen LogP contribution is -2.44. The van der Waals surface area contributed by atoms with Gasteiger partial charge in [-0.3, -0.25) is 9.36 Å². The molecule has 0 aliphatic heterocycles. The Morgan fingerprint density at radius 2 is 1.92 bits per heavy atom. The van der Waals surface area contributed by atoms with Crippen LogP contribution in [0.3, 0.4) is 0 Å². The molecule has 4 unspecified atom stereocenters. The number of ether oxygens (including phenoxy) is 1. The molecule has 3 heterocycles. The summed E-state index contributed by atoms with van der Waals surface area (Å²) in [7, 11) is 0. The van der Waals surface area contributed by atoms with Crippen LogP contribution in [-0.2, 0) is 16.1 Å². The van der Waals surface area contributed by atoms with Gasteiger partial charge in [-0.1, -0.05) is 44.2 Å². The zero-order valence-electron chi connectivity index (χ0n) is 22.6. The molecule has 2 N–H and O–H groups in total. The zero-order valence-corrected chi connectivity index (χ0v) is 23.4. The van der Waals surface area contributed by atoms with Gasteiger partial charge in [0.1, 0.15) is 23.2 Å². The van der Waals surface area contributed by atoms with E-state index in [1.165, 1.54) is 35.3 Å². The number of aliphatic hydroxyl groups excluding tert-OH is 1. The Labute approximate surface area is 229 Å². The molecule has 3 aromatic heterocycles. The number of benzene rings is 1. The van der Waals surface area contributed by atoms with Crippen molar-refractivity contribution in [3.05, 3.63) is 74.8 Å². The number of hydrogen-bond acceptors (Lipinski definition) is 8. The second-order valence-corrected chi connectivity index (χ2v) is 11.0. The SMILES string of the molecule is CCC(C)(CO)C(C)OC(Cn1c(=O)n(C(C)C(=O)O)c(=O)c2c(C)c(-c3ncco3)sc21)c1ccccc1. The fourth-order valence-corrected chi connectivity index (χ4v) is 5.76. The maximum Gasteiger partial charge on any atom is 0.333 e. The number of nitrogens with zero attached hydrogens (tertiary/aromatic N) is 3. The highest BCUT2D eigenvalue weighted by Crippen LogP contribution is 2.37. The largest absolute Gasteiger partial charge is 0.480 e. The summed E-state index contributed by atoms with van der Waals surface area (Å²) in [5.74, 6) is -0.997. The van der Waals surface area contributed by atoms with Gasteiger partial charge < -0.3 is 19.4 Å². The van der Waals surface area contributed by atoms with E-state index in [1.807, 2.05) is 51.1 Å². The van der Waals surface area contributed by atoms with Crippen molar-refractivity contribution in [2.45, 2.75) is 65.8 Å². The lowest BCUT2D eigenvalue weighted by Gasteiger charge is -2.35. The number of fused-ring (bicyclic) bond motifs is 1. The molecule has 0 fully saturated rings. The molecule has 10 nitrogen and oxygen atoms in total. The maximum absolute atomic E-state index is 13.9. The van der Waals surface area contributed by atoms with E-state index in [4.69, 9.17) is 9.15 Å². The maximum atomic E-state index is 13.9. The number of aliphatic carboxylic acids is 1. The Kier molecular flexibility index (Phi) is 8.24. The number of hydrogen-bond donors (Lipinski definition) is 2. The lowest BCUT2D eigenvalue weighted by atomic mass is 9.83. The van der Waals surface area contributed by atoms with E-state index in [-0.39, 0.29) is 24.6 Å². The van der Waals surface area contributed by atoms with Crippen molar-refractivity contribution in [2.24, 2.45) is 5.41 Å². The summed E-state index contributed by atoms with van der Waals surface area (Å²) in [5.41, 5.74) is -0.614. The fourth-order valence-electron chi connectivity index (χ4n) is 4.52. The van der Waals surface area contributed by atoms with Crippen LogP contribution in [0.5, 0.6) is 0 Å². The number of aliphatic hydroxyl groups is 1. The summed E-state index contributed by atoms with van der Waals surface area (Å²) in [6.45, 7) is 8.75. The summed E-state index contributed by atoms with van der Waals surface area (Å²) in [6.07, 6.45) is 2.55. The Bertz CT molecular complexity index is 1570. The minimum Gasteiger partial charge on any atom is -0.480 e. The van der Waals surface area contributed by atoms with Gasteiger partial charge in [-0.15, -0.1) is 11.3 Å². The summed E-state index contributed by atoms with van der Waals surface area (Å²) in [5, 5.41) is 20.0. The van der Waals surface area contributed by atoms with E-state index in [0.29, 0.717) is 27.6 Å². The molecule has 0 spiro atoms. The Morgan fingerprint density at radius 3 is 2.49 bits per heavy atom. The van der Waals surface area contributed by atoms with Gasteiger partial charge in [0.25, 0.3) is 5.56 Å². The average molecular weight is 556 g/mol. The molecular weight excluding hydrogens is 522 g/mol. The molecule has 0 saturated carbocycles. The minimum atomic E-state index is -1.39. The zero-order chi connectivity index (χ0) is 28.5. The molecule has 1 aromatic carbocycles. The summed E-state index contributed by atoms with van der Waals surface area (Å²) in [6, 6.07) is 7.98. The Morgan fingerprint density at radius 1 is 1.23 bits per heavy atom. The highest BCUT2D eigenvalue weighted by atomic mass is 32.1. The van der Waals surface area contributed by atoms with Crippen LogP contribution in [-0.4, -0.2) is 43.0 Å². The monoisotopic (exact) mass is 555 g/mol. The third-order valence-corrected chi connectivity index (χ3v) is 8.96. The quantitative estimate of drug-likeness (QED) is 0.278. The lowest BCUT2D eigenvalue weighted by molar-refractivity contribution is -0.140. The van der Waals surface area contributed by atoms with Crippen molar-refractivity contribution in [3.8, 4) is 10.8 Å². The van der Waals surface area contributed by atoms with Crippen molar-refractivity contribution < 1.29 is 24.2 Å². The van der Waals surface area contributed by atoms with Crippen LogP contribution in [0, 0.1) is 12.3 Å². The van der Waals surface area contributed by atoms with Gasteiger partial charge in [0.15, 0.2) is 0 Å². The summed E-state index contributed by atoms with van der Waals surface area (Å²) in [4.78, 5) is 44.5. The van der Waals surface area contributed by atoms with Gasteiger partial charge in [-0.25, -0.2) is 19.1 Å². The molecule has 0 radical (unpaired) electrons. The van der Waals surface area contributed by atoms with E-state index < -0.39 is 34.8 Å². The predicted molar refractivity (Wildman–Crippen MR) is 148 cm³/mol. The third-order valence-electron chi connectivity index (χ3n) is 7.65. The molecule has 11 heteroatoms. The molecule has 0 aliphatic rings. The molecule has 208 valence electrons. The first kappa shape index (κ1) is 28.5. The number of aryl methyl sites for hydroxylation is 1. The molecular formula is C28H33N3O7S. The van der Waals surface area contributed by atoms with Crippen LogP contribution in [0.4, 0.5) is 0 Å². The van der Waals surface area contributed by atoms with Gasteiger partial charge in [0.2, 0.25) is 5.89 Å². The Balaban J connectivity index is 1.96. The van der Waals surface area contributed by atoms with Crippen LogP contribution in [0.25, 0.3) is 21.0 Å². The topological polar surface area (TPSA) is 137 Å². The first-order chi connectivity index (χ1) is 18.5. The predicted octanol–water partition coefficient (Wildman–Crippen LogP) is 4.39. The molecule has 0 amide bonds. The van der Waals surface area contributed by atoms with Crippen LogP contribution < -0.4 is 11.2 Å². The van der Waals surface area contributed by atoms with Crippen molar-refractivity contribution >= 4 is 27.5 Å². The number of oxazole rings is 1. The second kappa shape index (κ2) is 11.3. The molecule has 0 bridgehead atoms. The number of carboxylic acid groups (broad SMARTS) is 1. The molecule has 4 aromatic rings. The van der Waals surface area contributed by atoms with Crippen molar-refractivity contribution in [1.82, 2.24) is 14.1 Å². The van der Waals surface area contributed by atoms with Gasteiger partial charge in [-0.2, -0.15) is 0 Å². The molecule has 4 rings (SSSR count). The van der Waals surface area contributed by atoms with Gasteiger partial charge in [0, 0.05) is 5.41 Å². The standard InChI is InChI=1S/C28H33N3O7S/c1-6-28(5,15-32)18(4)38-20(19-10-8-7-9-11-19)14-30-25-21(16(2)22(39-25)23-29-12-13-37-23)24(33)31(27(30)36)17(3)26(34)35/h7-13,17-18,20,32H,6,14-15H2,1-5H3,(H,34,35). The summed E-state index contributed by atoms with van der Waals surface area (Å²) < 4.78 is 14.2. The smallest absolute Gasteiger partial charge is 0.333 e. The molecule has 4 atom stereocenters. The summed E-state index contributed by atoms with van der Waals surface area (Å²) >= 11 is 1.19. The average Bonchev–Trinajstić information content (AvgIpc) is 3.58. The number of thiophene rings is 1. The van der Waals surface area contributed by atoms with E-state index in [9.17, 15) is 24.6 Å². The van der Waals surface area contributed by atoms with E-state index >= 15 is 0 Å². The molecule has 0 saturated heterocycles. The number of carbonyl (C=O) groups is 1. The van der Waals surface area contributed by atoms with Crippen molar-refractivity contribution in [3.63, 3.8) is 0 Å². The minimum absolute atomic E-state index is 0.00645. The highest BCUT2D eigenvalue weighted by Gasteiger charge is 2.33. The van der Waals surface area contributed by atoms with Gasteiger partial charge in [0.05, 0.1) is 35.7 Å². The molecule has 0 aliphatic carbocycles. The van der Waals surface area contributed by atoms with Crippen LogP contribution in [0.15, 0.2) is 56.8 Å². The van der Waals surface area contributed by atoms with E-state index in [0.717, 1.165) is 10.1 Å². The second-order valence-electron chi connectivity index (χ2n) is 10.00. The first-order valence-corrected chi connectivity index (χ1v) is 13.6. The normalized spacial score (nSPS) is 15.6. The number of rotatable bonds is 11. The number of carboxylic acids is 1. The highest BCUT2D eigenvalue weighted by molar-refractivity contribution is 7.22. The van der Waals surface area contributed by atoms with E-state index in [1.54, 1.807) is 6.92 Å². The third kappa shape index (κ3) is 5.21. The van der Waals surface area contributed by atoms with Crippen LogP contribution in [0.1, 0.15) is 57.4 Å². The van der Waals surface area contributed by atoms with Crippen molar-refractivity contribution in [1.29, 1.82) is 0 Å². The van der Waals surface area contributed by atoms with Gasteiger partial charge in [-0.05, 0) is 38.3 Å². The fraction of sp³-hybridized carbons (Fsp3) is 0.429. The first-order valence-electron chi connectivity index (χ1n) is 12.8. The Hall–Kier alpha value is -3.54. The van der Waals surface area contributed by atoms with Crippen molar-refractivity contribution in [2.75, 3.05) is 6.61 Å². The van der Waals surface area contributed by atoms with E-state index in [2.05, 4.69) is 4.98 Å². The number of aromatic nitrogens is 3. The van der Waals surface area contributed by atoms with Crippen LogP contribution in [0.2, 0.25) is 0 Å². The van der Waals surface area contributed by atoms with Crippen LogP contribution >= 0.6 is 11.3 Å².